The van der Waals surface area contributed by atoms with Gasteiger partial charge in [0.25, 0.3) is 0 Å². The fraction of sp³-hybridized carbons (Fsp3) is 0.200. The number of esters is 1. The van der Waals surface area contributed by atoms with Crippen molar-refractivity contribution in [2.45, 2.75) is 12.8 Å². The number of halogens is 1. The van der Waals surface area contributed by atoms with Crippen molar-refractivity contribution in [1.29, 1.82) is 0 Å². The predicted octanol–water partition coefficient (Wildman–Crippen LogP) is 1.72. The Morgan fingerprint density at radius 1 is 1.23 bits per heavy atom. The first-order valence-corrected chi connectivity index (χ1v) is 6.33. The Morgan fingerprint density at radius 2 is 1.91 bits per heavy atom. The molecule has 2 aromatic rings. The van der Waals surface area contributed by atoms with Gasteiger partial charge in [0.2, 0.25) is 5.78 Å². The molecule has 0 saturated carbocycles. The minimum atomic E-state index is -1.08. The van der Waals surface area contributed by atoms with Crippen LogP contribution >= 0.6 is 0 Å². The number of carbonyl (C=O) groups excluding carboxylic acids is 3. The molecule has 22 heavy (non-hydrogen) atoms. The van der Waals surface area contributed by atoms with Crippen LogP contribution < -0.4 is 0 Å². The highest BCUT2D eigenvalue weighted by Gasteiger charge is 2.21. The largest absolute Gasteiger partial charge is 0.463 e. The van der Waals surface area contributed by atoms with Gasteiger partial charge in [0.1, 0.15) is 17.8 Å². The summed E-state index contributed by atoms with van der Waals surface area (Å²) in [5.41, 5.74) is 0.710. The molecule has 0 aliphatic heterocycles. The Labute approximate surface area is 124 Å². The van der Waals surface area contributed by atoms with Crippen LogP contribution in [0.25, 0.3) is 0 Å². The molecule has 0 amide bonds. The maximum Gasteiger partial charge on any atom is 0.374 e. The van der Waals surface area contributed by atoms with Gasteiger partial charge in [-0.25, -0.2) is 14.2 Å². The molecule has 0 radical (unpaired) electrons. The molecule has 0 aliphatic rings. The fourth-order valence-corrected chi connectivity index (χ4v) is 1.72. The number of carbonyl (C=O) groups is 3. The number of ether oxygens (including phenoxy) is 1. The average molecular weight is 305 g/mol. The van der Waals surface area contributed by atoms with Crippen molar-refractivity contribution in [2.24, 2.45) is 0 Å². The van der Waals surface area contributed by atoms with Crippen molar-refractivity contribution in [3.8, 4) is 0 Å². The molecule has 1 aromatic heterocycles. The fourth-order valence-electron chi connectivity index (χ4n) is 1.72. The van der Waals surface area contributed by atoms with Crippen LogP contribution in [0.2, 0.25) is 0 Å². The van der Waals surface area contributed by atoms with Gasteiger partial charge >= 0.3 is 5.97 Å². The van der Waals surface area contributed by atoms with Gasteiger partial charge in [0, 0.05) is 6.42 Å². The first-order chi connectivity index (χ1) is 10.5. The van der Waals surface area contributed by atoms with E-state index in [2.05, 4.69) is 9.72 Å². The summed E-state index contributed by atoms with van der Waals surface area (Å²) in [6.45, 7) is 0. The lowest BCUT2D eigenvalue weighted by molar-refractivity contribution is -0.151. The maximum atomic E-state index is 12.8. The molecule has 7 heteroatoms. The molecule has 2 rings (SSSR count). The van der Waals surface area contributed by atoms with Gasteiger partial charge in [-0.05, 0) is 17.7 Å². The van der Waals surface area contributed by atoms with E-state index < -0.39 is 24.0 Å². The van der Waals surface area contributed by atoms with Crippen molar-refractivity contribution in [2.75, 3.05) is 7.11 Å². The number of hydrogen-bond acceptors (Lipinski definition) is 6. The van der Waals surface area contributed by atoms with Crippen LogP contribution in [0.5, 0.6) is 0 Å². The highest BCUT2D eigenvalue weighted by molar-refractivity contribution is 6.37. The Hall–Kier alpha value is -2.83. The van der Waals surface area contributed by atoms with Gasteiger partial charge in [-0.15, -0.1) is 0 Å². The second-order valence-electron chi connectivity index (χ2n) is 4.44. The number of hydrogen-bond donors (Lipinski definition) is 0. The molecule has 0 fully saturated rings. The monoisotopic (exact) mass is 305 g/mol. The number of oxazole rings is 1. The first-order valence-electron chi connectivity index (χ1n) is 6.33. The molecule has 0 N–H and O–H groups in total. The Kier molecular flexibility index (Phi) is 4.77. The highest BCUT2D eigenvalue weighted by Crippen LogP contribution is 2.12. The second-order valence-corrected chi connectivity index (χ2v) is 4.44. The number of benzene rings is 1. The summed E-state index contributed by atoms with van der Waals surface area (Å²) in [5, 5.41) is 0. The van der Waals surface area contributed by atoms with E-state index in [1.165, 1.54) is 12.1 Å². The van der Waals surface area contributed by atoms with Gasteiger partial charge in [0.05, 0.1) is 13.5 Å². The molecule has 1 heterocycles. The van der Waals surface area contributed by atoms with Crippen molar-refractivity contribution >= 4 is 17.5 Å². The Morgan fingerprint density at radius 3 is 2.55 bits per heavy atom. The number of nitrogens with zero attached hydrogens (tertiary/aromatic N) is 1. The lowest BCUT2D eigenvalue weighted by atomic mass is 10.1. The Bertz CT molecular complexity index is 705. The third-order valence-corrected chi connectivity index (χ3v) is 2.84. The maximum absolute atomic E-state index is 12.8. The number of rotatable bonds is 6. The van der Waals surface area contributed by atoms with Gasteiger partial charge < -0.3 is 9.15 Å². The molecular weight excluding hydrogens is 293 g/mol. The first kappa shape index (κ1) is 15.6. The average Bonchev–Trinajstić information content (AvgIpc) is 2.97. The summed E-state index contributed by atoms with van der Waals surface area (Å²) >= 11 is 0. The summed E-state index contributed by atoms with van der Waals surface area (Å²) in [7, 11) is 1.06. The Balaban J connectivity index is 2.01. The van der Waals surface area contributed by atoms with E-state index in [1.54, 1.807) is 12.1 Å². The van der Waals surface area contributed by atoms with E-state index >= 15 is 0 Å². The van der Waals surface area contributed by atoms with E-state index in [1.807, 2.05) is 0 Å². The summed E-state index contributed by atoms with van der Waals surface area (Å²) in [6, 6.07) is 5.75. The third-order valence-electron chi connectivity index (χ3n) is 2.84. The smallest absolute Gasteiger partial charge is 0.374 e. The van der Waals surface area contributed by atoms with Crippen molar-refractivity contribution < 1.29 is 27.9 Å². The zero-order valence-electron chi connectivity index (χ0n) is 11.7. The standard InChI is InChI=1S/C15H12FNO5/c1-21-15(20)13(19)7-12(18)11-8-22-14(17-11)6-9-2-4-10(16)5-3-9/h2-5,8H,6-7H2,1H3. The topological polar surface area (TPSA) is 86.5 Å². The number of Topliss-reactive ketones (excluding diaryl/α,β-unsaturated/α-hetero) is 2. The summed E-state index contributed by atoms with van der Waals surface area (Å²) in [6.07, 6.45) is 0.763. The van der Waals surface area contributed by atoms with Crippen LogP contribution in [0.15, 0.2) is 34.9 Å². The highest BCUT2D eigenvalue weighted by atomic mass is 19.1. The molecule has 0 bridgehead atoms. The predicted molar refractivity (Wildman–Crippen MR) is 71.7 cm³/mol. The van der Waals surface area contributed by atoms with E-state index in [9.17, 15) is 18.8 Å². The third kappa shape index (κ3) is 3.85. The normalized spacial score (nSPS) is 10.3. The van der Waals surface area contributed by atoms with E-state index in [0.717, 1.165) is 18.9 Å². The molecule has 0 saturated heterocycles. The number of ketones is 2. The summed E-state index contributed by atoms with van der Waals surface area (Å²) < 4.78 is 22.2. The lowest BCUT2D eigenvalue weighted by Gasteiger charge is -1.97. The molecule has 0 unspecified atom stereocenters. The molecular formula is C15H12FNO5. The van der Waals surface area contributed by atoms with Crippen LogP contribution in [0.3, 0.4) is 0 Å². The molecule has 1 aromatic carbocycles. The molecule has 0 atom stereocenters. The van der Waals surface area contributed by atoms with Crippen molar-refractivity contribution in [3.63, 3.8) is 0 Å². The van der Waals surface area contributed by atoms with Gasteiger partial charge in [0.15, 0.2) is 11.7 Å². The second kappa shape index (κ2) is 6.75. The zero-order valence-corrected chi connectivity index (χ0v) is 11.7. The van der Waals surface area contributed by atoms with Crippen LogP contribution in [0.1, 0.15) is 28.4 Å². The summed E-state index contributed by atoms with van der Waals surface area (Å²) in [5.74, 6) is -2.77. The van der Waals surface area contributed by atoms with Gasteiger partial charge in [-0.3, -0.25) is 9.59 Å². The molecule has 6 nitrogen and oxygen atoms in total. The van der Waals surface area contributed by atoms with Crippen molar-refractivity contribution in [1.82, 2.24) is 4.98 Å². The minimum Gasteiger partial charge on any atom is -0.463 e. The van der Waals surface area contributed by atoms with Gasteiger partial charge in [-0.1, -0.05) is 12.1 Å². The molecule has 0 spiro atoms. The van der Waals surface area contributed by atoms with Crippen LogP contribution in [0.4, 0.5) is 4.39 Å². The summed E-state index contributed by atoms with van der Waals surface area (Å²) in [4.78, 5) is 38.0. The minimum absolute atomic E-state index is 0.0469. The van der Waals surface area contributed by atoms with Crippen LogP contribution in [-0.4, -0.2) is 29.6 Å². The van der Waals surface area contributed by atoms with E-state index in [0.29, 0.717) is 0 Å². The molecule has 114 valence electrons. The van der Waals surface area contributed by atoms with E-state index in [4.69, 9.17) is 4.42 Å². The number of aromatic nitrogens is 1. The van der Waals surface area contributed by atoms with Crippen molar-refractivity contribution in [3.05, 3.63) is 53.5 Å². The van der Waals surface area contributed by atoms with Crippen LogP contribution in [0, 0.1) is 5.82 Å². The molecule has 0 aliphatic carbocycles. The zero-order chi connectivity index (χ0) is 16.1. The number of methoxy groups -OCH3 is 1. The van der Waals surface area contributed by atoms with E-state index in [-0.39, 0.29) is 23.8 Å². The lowest BCUT2D eigenvalue weighted by Crippen LogP contribution is -2.19. The van der Waals surface area contributed by atoms with Gasteiger partial charge in [-0.2, -0.15) is 0 Å². The van der Waals surface area contributed by atoms with Crippen LogP contribution in [-0.2, 0) is 20.7 Å². The SMILES string of the molecule is COC(=O)C(=O)CC(=O)c1coc(Cc2ccc(F)cc2)n1. The quantitative estimate of drug-likeness (QED) is 0.349.